The van der Waals surface area contributed by atoms with Gasteiger partial charge in [0, 0.05) is 5.76 Å². The van der Waals surface area contributed by atoms with E-state index in [0.717, 1.165) is 0 Å². The predicted molar refractivity (Wildman–Crippen MR) is 32.6 cm³/mol. The Hall–Kier alpha value is -1.27. The third-order valence-electron chi connectivity index (χ3n) is 1.46. The summed E-state index contributed by atoms with van der Waals surface area (Å²) in [4.78, 5) is 10.5. The van der Waals surface area contributed by atoms with Crippen LogP contribution in [0.1, 0.15) is 0 Å². The molecule has 0 spiro atoms. The van der Waals surface area contributed by atoms with Gasteiger partial charge in [-0.3, -0.25) is 0 Å². The Morgan fingerprint density at radius 1 is 1.67 bits per heavy atom. The Labute approximate surface area is 67.3 Å². The molecule has 6 nitrogen and oxygen atoms in total. The molecule has 6 heteroatoms. The lowest BCUT2D eigenvalue weighted by Gasteiger charge is -2.14. The van der Waals surface area contributed by atoms with Crippen molar-refractivity contribution in [1.29, 1.82) is 0 Å². The normalized spacial score (nSPS) is 25.8. The number of aliphatic hydroxyl groups is 3. The quantitative estimate of drug-likeness (QED) is 0.397. The molecule has 68 valence electrons. The highest BCUT2D eigenvalue weighted by molar-refractivity contribution is 5.88. The van der Waals surface area contributed by atoms with E-state index in [9.17, 15) is 9.90 Å². The lowest BCUT2D eigenvalue weighted by molar-refractivity contribution is -0.303. The Morgan fingerprint density at radius 2 is 2.25 bits per heavy atom. The first-order valence-electron chi connectivity index (χ1n) is 3.18. The van der Waals surface area contributed by atoms with Crippen molar-refractivity contribution in [2.24, 2.45) is 0 Å². The summed E-state index contributed by atoms with van der Waals surface area (Å²) in [5, 5.41) is 36.8. The second kappa shape index (κ2) is 3.00. The number of ether oxygens (including phenoxy) is 1. The van der Waals surface area contributed by atoms with E-state index >= 15 is 0 Å². The minimum absolute atomic E-state index is 0.699. The van der Waals surface area contributed by atoms with Crippen LogP contribution in [0.5, 0.6) is 0 Å². The van der Waals surface area contributed by atoms with E-state index in [0.29, 0.717) is 0 Å². The number of rotatable bonds is 2. The molecule has 0 saturated carbocycles. The van der Waals surface area contributed by atoms with Crippen LogP contribution in [0, 0.1) is 0 Å². The highest BCUT2D eigenvalue weighted by atomic mass is 16.6. The summed E-state index contributed by atoms with van der Waals surface area (Å²) in [5.74, 6) is -3.25. The van der Waals surface area contributed by atoms with Crippen LogP contribution in [0.3, 0.4) is 0 Å². The fourth-order valence-corrected chi connectivity index (χ4v) is 0.815. The van der Waals surface area contributed by atoms with Crippen LogP contribution in [0.15, 0.2) is 11.5 Å². The van der Waals surface area contributed by atoms with Crippen molar-refractivity contribution in [2.75, 3.05) is 6.61 Å². The largest absolute Gasteiger partial charge is 0.865 e. The summed E-state index contributed by atoms with van der Waals surface area (Å²) in [6.45, 7) is -0.699. The predicted octanol–water partition coefficient (Wildman–Crippen LogP) is -2.61. The van der Waals surface area contributed by atoms with E-state index in [4.69, 9.17) is 15.3 Å². The van der Waals surface area contributed by atoms with Gasteiger partial charge < -0.3 is 25.2 Å². The number of carbonyl (C=O) groups is 1. The standard InChI is InChI=1S/C6H8O6/c7-1-2(8)5-3(9)4(10)6(11)12-5/h2,5,7-10H,1H2/p-1/t2-,5?/m0/s1. The van der Waals surface area contributed by atoms with E-state index in [2.05, 4.69) is 4.74 Å². The molecule has 2 atom stereocenters. The maximum Gasteiger partial charge on any atom is 0.327 e. The van der Waals surface area contributed by atoms with E-state index in [1.165, 1.54) is 0 Å². The molecule has 1 heterocycles. The summed E-state index contributed by atoms with van der Waals surface area (Å²) in [7, 11) is 0. The topological polar surface area (TPSA) is 110 Å². The second-order valence-electron chi connectivity index (χ2n) is 2.29. The third-order valence-corrected chi connectivity index (χ3v) is 1.46. The highest BCUT2D eigenvalue weighted by Crippen LogP contribution is 2.19. The average Bonchev–Trinajstić information content (AvgIpc) is 2.32. The molecule has 0 aromatic rings. The number of hydrogen-bond acceptors (Lipinski definition) is 6. The number of aliphatic hydroxyl groups excluding tert-OH is 3. The van der Waals surface area contributed by atoms with Gasteiger partial charge in [0.15, 0.2) is 6.10 Å². The molecule has 0 fully saturated rings. The van der Waals surface area contributed by atoms with Crippen molar-refractivity contribution in [3.8, 4) is 0 Å². The lowest BCUT2D eigenvalue weighted by atomic mass is 10.2. The lowest BCUT2D eigenvalue weighted by Crippen LogP contribution is -2.31. The SMILES string of the molecule is O=C1OC([C@@H](O)CO)C(O)=C1[O-]. The minimum Gasteiger partial charge on any atom is -0.865 e. The summed E-state index contributed by atoms with van der Waals surface area (Å²) in [5.41, 5.74) is 0. The van der Waals surface area contributed by atoms with Crippen molar-refractivity contribution in [2.45, 2.75) is 12.2 Å². The van der Waals surface area contributed by atoms with Crippen LogP contribution in [0.2, 0.25) is 0 Å². The first kappa shape index (κ1) is 8.82. The Morgan fingerprint density at radius 3 is 2.58 bits per heavy atom. The van der Waals surface area contributed by atoms with Gasteiger partial charge in [-0.05, 0) is 0 Å². The highest BCUT2D eigenvalue weighted by Gasteiger charge is 2.34. The van der Waals surface area contributed by atoms with Crippen molar-refractivity contribution >= 4 is 5.97 Å². The van der Waals surface area contributed by atoms with Crippen LogP contribution in [0.4, 0.5) is 0 Å². The first-order valence-corrected chi connectivity index (χ1v) is 3.18. The van der Waals surface area contributed by atoms with Gasteiger partial charge in [0.1, 0.15) is 11.9 Å². The molecule has 0 aromatic heterocycles. The molecule has 0 aromatic carbocycles. The van der Waals surface area contributed by atoms with Gasteiger partial charge in [-0.25, -0.2) is 4.79 Å². The molecule has 12 heavy (non-hydrogen) atoms. The molecule has 1 rings (SSSR count). The minimum atomic E-state index is -1.46. The van der Waals surface area contributed by atoms with Gasteiger partial charge in [0.05, 0.1) is 6.61 Å². The number of carbonyl (C=O) groups excluding carboxylic acids is 1. The second-order valence-corrected chi connectivity index (χ2v) is 2.29. The smallest absolute Gasteiger partial charge is 0.327 e. The van der Waals surface area contributed by atoms with E-state index in [1.807, 2.05) is 0 Å². The average molecular weight is 175 g/mol. The monoisotopic (exact) mass is 175 g/mol. The molecular formula is C6H7O6-. The van der Waals surface area contributed by atoms with Crippen molar-refractivity contribution < 1.29 is 30.0 Å². The maximum absolute atomic E-state index is 10.6. The van der Waals surface area contributed by atoms with Gasteiger partial charge in [0.2, 0.25) is 0 Å². The fourth-order valence-electron chi connectivity index (χ4n) is 0.815. The molecule has 0 aliphatic carbocycles. The Balaban J connectivity index is 2.80. The van der Waals surface area contributed by atoms with Crippen molar-refractivity contribution in [3.05, 3.63) is 11.5 Å². The van der Waals surface area contributed by atoms with Crippen LogP contribution in [-0.4, -0.2) is 40.1 Å². The van der Waals surface area contributed by atoms with Crippen LogP contribution >= 0.6 is 0 Å². The molecule has 1 unspecified atom stereocenters. The number of hydrogen-bond donors (Lipinski definition) is 3. The van der Waals surface area contributed by atoms with Crippen LogP contribution in [0.25, 0.3) is 0 Å². The van der Waals surface area contributed by atoms with Crippen LogP contribution < -0.4 is 5.11 Å². The van der Waals surface area contributed by atoms with Gasteiger partial charge in [-0.2, -0.15) is 0 Å². The molecule has 0 bridgehead atoms. The molecule has 0 saturated heterocycles. The van der Waals surface area contributed by atoms with Crippen molar-refractivity contribution in [3.63, 3.8) is 0 Å². The molecule has 0 radical (unpaired) electrons. The molecule has 0 amide bonds. The Kier molecular flexibility index (Phi) is 2.20. The third kappa shape index (κ3) is 1.21. The molecular weight excluding hydrogens is 168 g/mol. The molecule has 1 aliphatic heterocycles. The van der Waals surface area contributed by atoms with E-state index in [-0.39, 0.29) is 0 Å². The summed E-state index contributed by atoms with van der Waals surface area (Å²) < 4.78 is 4.25. The fraction of sp³-hybridized carbons (Fsp3) is 0.500. The molecule has 1 aliphatic rings. The first-order chi connectivity index (χ1) is 5.57. The number of esters is 1. The summed E-state index contributed by atoms with van der Waals surface area (Å²) >= 11 is 0. The zero-order valence-corrected chi connectivity index (χ0v) is 5.93. The van der Waals surface area contributed by atoms with Gasteiger partial charge in [-0.15, -0.1) is 0 Å². The zero-order chi connectivity index (χ0) is 9.30. The summed E-state index contributed by atoms with van der Waals surface area (Å²) in [6, 6.07) is 0. The Bertz CT molecular complexity index is 232. The maximum atomic E-state index is 10.6. The van der Waals surface area contributed by atoms with Gasteiger partial charge >= 0.3 is 5.97 Å². The van der Waals surface area contributed by atoms with Crippen molar-refractivity contribution in [1.82, 2.24) is 0 Å². The van der Waals surface area contributed by atoms with Gasteiger partial charge in [0.25, 0.3) is 0 Å². The van der Waals surface area contributed by atoms with E-state index < -0.39 is 36.3 Å². The number of cyclic esters (lactones) is 1. The van der Waals surface area contributed by atoms with Gasteiger partial charge in [-0.1, -0.05) is 0 Å². The zero-order valence-electron chi connectivity index (χ0n) is 5.93. The molecule has 3 N–H and O–H groups in total. The summed E-state index contributed by atoms with van der Waals surface area (Å²) in [6.07, 6.45) is -2.88. The van der Waals surface area contributed by atoms with E-state index in [1.54, 1.807) is 0 Å². The van der Waals surface area contributed by atoms with Crippen LogP contribution in [-0.2, 0) is 9.53 Å².